The maximum absolute atomic E-state index is 8.37. The zero-order valence-electron chi connectivity index (χ0n) is 27.1. The van der Waals surface area contributed by atoms with E-state index >= 15 is 0 Å². The van der Waals surface area contributed by atoms with Gasteiger partial charge in [0, 0.05) is 12.6 Å². The van der Waals surface area contributed by atoms with Gasteiger partial charge in [-0.2, -0.15) is 0 Å². The van der Waals surface area contributed by atoms with Gasteiger partial charge in [0.1, 0.15) is 0 Å². The number of hydrogen-bond acceptors (Lipinski definition) is 2. The molecule has 0 heterocycles. The van der Waals surface area contributed by atoms with Crippen LogP contribution in [0.15, 0.2) is 0 Å². The highest BCUT2D eigenvalue weighted by atomic mass is 16.2. The van der Waals surface area contributed by atoms with E-state index in [1.807, 2.05) is 0 Å². The molecule has 0 spiro atoms. The van der Waals surface area contributed by atoms with Gasteiger partial charge in [0.25, 0.3) is 0 Å². The zero-order chi connectivity index (χ0) is 28.1. The number of aliphatic hydroxyl groups excluding tert-OH is 1. The molecule has 0 amide bonds. The van der Waals surface area contributed by atoms with Crippen LogP contribution in [0.4, 0.5) is 0 Å². The first-order chi connectivity index (χ1) is 16.3. The third-order valence-electron chi connectivity index (χ3n) is 5.83. The molecule has 0 aliphatic carbocycles. The van der Waals surface area contributed by atoms with Crippen molar-refractivity contribution in [3.05, 3.63) is 0 Å². The Morgan fingerprint density at radius 2 is 0.714 bits per heavy atom. The summed E-state index contributed by atoms with van der Waals surface area (Å²) in [6.07, 6.45) is 18.3. The highest BCUT2D eigenvalue weighted by Gasteiger charge is 1.97. The van der Waals surface area contributed by atoms with Crippen LogP contribution in [0.25, 0.3) is 0 Å². The average Bonchev–Trinajstić information content (AvgIpc) is 2.71. The molecule has 0 aromatic heterocycles. The highest BCUT2D eigenvalue weighted by molar-refractivity contribution is 4.54. The van der Waals surface area contributed by atoms with Gasteiger partial charge in [-0.1, -0.05) is 153 Å². The Morgan fingerprint density at radius 1 is 0.429 bits per heavy atom. The molecule has 0 bridgehead atoms. The molecule has 1 atom stereocenters. The van der Waals surface area contributed by atoms with Gasteiger partial charge in [-0.05, 0) is 49.4 Å². The van der Waals surface area contributed by atoms with Crippen LogP contribution in [0.1, 0.15) is 173 Å². The van der Waals surface area contributed by atoms with E-state index in [9.17, 15) is 0 Å². The molecule has 0 aliphatic heterocycles. The van der Waals surface area contributed by atoms with Crippen LogP contribution in [0.5, 0.6) is 0 Å². The summed E-state index contributed by atoms with van der Waals surface area (Å²) >= 11 is 0. The van der Waals surface area contributed by atoms with Crippen LogP contribution in [0, 0.1) is 29.6 Å². The molecule has 0 saturated carbocycles. The quantitative estimate of drug-likeness (QED) is 0.195. The second kappa shape index (κ2) is 33.9. The Morgan fingerprint density at radius 3 is 0.943 bits per heavy atom. The lowest BCUT2D eigenvalue weighted by Gasteiger charge is -2.05. The summed E-state index contributed by atoms with van der Waals surface area (Å²) in [7, 11) is 0. The third-order valence-corrected chi connectivity index (χ3v) is 5.83. The number of rotatable bonds is 17. The van der Waals surface area contributed by atoms with Crippen molar-refractivity contribution in [2.24, 2.45) is 35.3 Å². The third kappa shape index (κ3) is 65.8. The van der Waals surface area contributed by atoms with E-state index in [0.29, 0.717) is 12.6 Å². The molecular formula is C33H75NO. The predicted molar refractivity (Wildman–Crippen MR) is 165 cm³/mol. The summed E-state index contributed by atoms with van der Waals surface area (Å²) in [5, 5.41) is 8.37. The van der Waals surface area contributed by atoms with Crippen molar-refractivity contribution in [2.45, 2.75) is 179 Å². The molecule has 2 heteroatoms. The van der Waals surface area contributed by atoms with Crippen molar-refractivity contribution in [2.75, 3.05) is 6.61 Å². The summed E-state index contributed by atoms with van der Waals surface area (Å²) in [4.78, 5) is 0. The number of aliphatic hydroxyl groups is 1. The largest absolute Gasteiger partial charge is 0.396 e. The van der Waals surface area contributed by atoms with E-state index in [4.69, 9.17) is 10.8 Å². The monoisotopic (exact) mass is 502 g/mol. The van der Waals surface area contributed by atoms with Crippen LogP contribution in [0.3, 0.4) is 0 Å². The Labute approximate surface area is 226 Å². The number of unbranched alkanes of at least 4 members (excludes halogenated alkanes) is 4. The lowest BCUT2D eigenvalue weighted by atomic mass is 10.0. The van der Waals surface area contributed by atoms with Crippen LogP contribution >= 0.6 is 0 Å². The Bertz CT molecular complexity index is 261. The number of hydrogen-bond donors (Lipinski definition) is 2. The topological polar surface area (TPSA) is 46.2 Å². The second-order valence-corrected chi connectivity index (χ2v) is 12.9. The van der Waals surface area contributed by atoms with Gasteiger partial charge in [-0.3, -0.25) is 0 Å². The molecule has 0 radical (unpaired) electrons. The van der Waals surface area contributed by atoms with Gasteiger partial charge in [0.15, 0.2) is 0 Å². The minimum Gasteiger partial charge on any atom is -0.396 e. The standard InChI is InChI=1S/2C9H20.C8H19N.C7H16O/c2*1-8(2)6-5-7-9(3)4;1-7(2)5-4-6-8(3)9;1-2-3-4-5-6-7-8/h2*8-9H,5-7H2,1-4H3;7-8H,4-6,9H2,1-3H3;8H,2-7H2,1H3. The first-order valence-electron chi connectivity index (χ1n) is 15.7. The maximum Gasteiger partial charge on any atom is 0.0431 e. The molecule has 2 nitrogen and oxygen atoms in total. The first kappa shape index (κ1) is 42.0. The maximum atomic E-state index is 8.37. The smallest absolute Gasteiger partial charge is 0.0431 e. The second-order valence-electron chi connectivity index (χ2n) is 12.9. The highest BCUT2D eigenvalue weighted by Crippen LogP contribution is 2.11. The molecule has 1 unspecified atom stereocenters. The molecule has 0 saturated heterocycles. The van der Waals surface area contributed by atoms with Crippen molar-refractivity contribution in [1.82, 2.24) is 0 Å². The molecule has 218 valence electrons. The van der Waals surface area contributed by atoms with E-state index < -0.39 is 0 Å². The molecule has 3 N–H and O–H groups in total. The number of nitrogens with two attached hydrogens (primary N) is 1. The Kier molecular flexibility index (Phi) is 40.7. The minimum absolute atomic E-state index is 0.365. The summed E-state index contributed by atoms with van der Waals surface area (Å²) in [5.74, 6) is 4.41. The molecule has 35 heavy (non-hydrogen) atoms. The van der Waals surface area contributed by atoms with E-state index in [-0.39, 0.29) is 0 Å². The van der Waals surface area contributed by atoms with Gasteiger partial charge in [0.2, 0.25) is 0 Å². The van der Waals surface area contributed by atoms with Crippen LogP contribution in [-0.2, 0) is 0 Å². The molecule has 0 rings (SSSR count). The SMILES string of the molecule is CC(C)CCCC(C)C.CC(C)CCCC(C)C.CC(C)CCCC(C)N.CCCCCCCO. The van der Waals surface area contributed by atoms with Gasteiger partial charge in [-0.25, -0.2) is 0 Å². The lowest BCUT2D eigenvalue weighted by Crippen LogP contribution is -2.14. The Hall–Kier alpha value is -0.0800. The fourth-order valence-corrected chi connectivity index (χ4v) is 3.43. The van der Waals surface area contributed by atoms with E-state index in [0.717, 1.165) is 36.0 Å². The van der Waals surface area contributed by atoms with Crippen LogP contribution < -0.4 is 5.73 Å². The average molecular weight is 502 g/mol. The molecule has 0 aromatic rings. The normalized spacial score (nSPS) is 11.7. The van der Waals surface area contributed by atoms with Gasteiger partial charge in [0.05, 0.1) is 0 Å². The van der Waals surface area contributed by atoms with E-state index in [1.165, 1.54) is 83.5 Å². The summed E-state index contributed by atoms with van der Waals surface area (Å²) < 4.78 is 0. The summed E-state index contributed by atoms with van der Waals surface area (Å²) in [5.41, 5.74) is 5.58. The molecular weight excluding hydrogens is 426 g/mol. The van der Waals surface area contributed by atoms with E-state index in [1.54, 1.807) is 0 Å². The first-order valence-corrected chi connectivity index (χ1v) is 15.7. The fraction of sp³-hybridized carbons (Fsp3) is 1.00. The molecule has 0 fully saturated rings. The van der Waals surface area contributed by atoms with Crippen molar-refractivity contribution in [3.63, 3.8) is 0 Å². The van der Waals surface area contributed by atoms with Crippen LogP contribution in [-0.4, -0.2) is 17.8 Å². The fourth-order valence-electron chi connectivity index (χ4n) is 3.43. The van der Waals surface area contributed by atoms with Crippen molar-refractivity contribution >= 4 is 0 Å². The van der Waals surface area contributed by atoms with Gasteiger partial charge < -0.3 is 10.8 Å². The van der Waals surface area contributed by atoms with Crippen molar-refractivity contribution in [3.8, 4) is 0 Å². The minimum atomic E-state index is 0.365. The summed E-state index contributed by atoms with van der Waals surface area (Å²) in [6, 6.07) is 0.392. The lowest BCUT2D eigenvalue weighted by molar-refractivity contribution is 0.282. The van der Waals surface area contributed by atoms with Gasteiger partial charge in [-0.15, -0.1) is 0 Å². The van der Waals surface area contributed by atoms with E-state index in [2.05, 4.69) is 83.1 Å². The van der Waals surface area contributed by atoms with Crippen molar-refractivity contribution < 1.29 is 5.11 Å². The van der Waals surface area contributed by atoms with Crippen molar-refractivity contribution in [1.29, 1.82) is 0 Å². The predicted octanol–water partition coefficient (Wildman–Crippen LogP) is 11.0. The molecule has 0 aliphatic rings. The Balaban J connectivity index is -0.000000183. The zero-order valence-corrected chi connectivity index (χ0v) is 27.1. The summed E-state index contributed by atoms with van der Waals surface area (Å²) in [6.45, 7) is 27.5. The van der Waals surface area contributed by atoms with Crippen LogP contribution in [0.2, 0.25) is 0 Å². The molecule has 0 aromatic carbocycles. The van der Waals surface area contributed by atoms with Gasteiger partial charge >= 0.3 is 0 Å².